The lowest BCUT2D eigenvalue weighted by molar-refractivity contribution is -0.120. The van der Waals surface area contributed by atoms with Crippen LogP contribution in [0.15, 0.2) is 42.6 Å². The van der Waals surface area contributed by atoms with Gasteiger partial charge in [0.15, 0.2) is 11.5 Å². The third kappa shape index (κ3) is 3.40. The summed E-state index contributed by atoms with van der Waals surface area (Å²) in [6.45, 7) is -0.0650. The van der Waals surface area contributed by atoms with Gasteiger partial charge in [0, 0.05) is 24.2 Å². The number of amides is 1. The van der Waals surface area contributed by atoms with Gasteiger partial charge in [0.25, 0.3) is 0 Å². The average Bonchev–Trinajstić information content (AvgIpc) is 3.27. The van der Waals surface area contributed by atoms with Gasteiger partial charge in [-0.1, -0.05) is 0 Å². The molecule has 2 heterocycles. The summed E-state index contributed by atoms with van der Waals surface area (Å²) in [4.78, 5) is 12.5. The predicted molar refractivity (Wildman–Crippen MR) is 97.2 cm³/mol. The molecule has 0 saturated heterocycles. The Labute approximate surface area is 154 Å². The number of alkyl halides is 1. The highest BCUT2D eigenvalue weighted by molar-refractivity contribution is 5.92. The lowest BCUT2D eigenvalue weighted by Crippen LogP contribution is -2.31. The van der Waals surface area contributed by atoms with Crippen LogP contribution in [0.4, 0.5) is 14.5 Å². The summed E-state index contributed by atoms with van der Waals surface area (Å²) >= 11 is 0. The van der Waals surface area contributed by atoms with E-state index in [1.54, 1.807) is 34.9 Å². The Morgan fingerprint density at radius 2 is 2.04 bits per heavy atom. The summed E-state index contributed by atoms with van der Waals surface area (Å²) in [6, 6.07) is 9.37. The number of halogens is 2. The summed E-state index contributed by atoms with van der Waals surface area (Å²) in [5.74, 6) is -0.420. The Balaban J connectivity index is 1.57. The molecule has 6 nitrogen and oxygen atoms in total. The number of hydrogen-bond acceptors (Lipinski definition) is 4. The zero-order chi connectivity index (χ0) is 19.0. The number of nitrogens with zero attached hydrogens (tertiary/aromatic N) is 3. The first kappa shape index (κ1) is 17.5. The SMILES string of the molecule is NC[C@@]1(F)CC[C@@H](C(=O)Nc2ccc3nnc(-c4ccc(F)cc4)n3c2)C1. The fourth-order valence-corrected chi connectivity index (χ4v) is 3.49. The average molecular weight is 371 g/mol. The Morgan fingerprint density at radius 3 is 2.74 bits per heavy atom. The van der Waals surface area contributed by atoms with Crippen molar-refractivity contribution in [2.75, 3.05) is 11.9 Å². The largest absolute Gasteiger partial charge is 0.328 e. The summed E-state index contributed by atoms with van der Waals surface area (Å²) in [5, 5.41) is 11.1. The Hall–Kier alpha value is -2.87. The van der Waals surface area contributed by atoms with Gasteiger partial charge in [-0.2, -0.15) is 0 Å². The third-order valence-electron chi connectivity index (χ3n) is 5.06. The number of carbonyl (C=O) groups is 1. The second-order valence-electron chi connectivity index (χ2n) is 6.96. The van der Waals surface area contributed by atoms with Crippen molar-refractivity contribution in [2.45, 2.75) is 24.9 Å². The number of pyridine rings is 1. The van der Waals surface area contributed by atoms with Crippen LogP contribution < -0.4 is 11.1 Å². The molecule has 1 aliphatic carbocycles. The molecular weight excluding hydrogens is 352 g/mol. The van der Waals surface area contributed by atoms with Crippen molar-refractivity contribution in [3.05, 3.63) is 48.4 Å². The highest BCUT2D eigenvalue weighted by Gasteiger charge is 2.41. The Kier molecular flexibility index (Phi) is 4.35. The molecule has 1 aliphatic rings. The van der Waals surface area contributed by atoms with Crippen LogP contribution >= 0.6 is 0 Å². The zero-order valence-corrected chi connectivity index (χ0v) is 14.5. The van der Waals surface area contributed by atoms with Crippen LogP contribution in [-0.2, 0) is 4.79 Å². The first-order valence-electron chi connectivity index (χ1n) is 8.78. The molecule has 0 bridgehead atoms. The molecule has 4 rings (SSSR count). The minimum atomic E-state index is -1.45. The van der Waals surface area contributed by atoms with Gasteiger partial charge >= 0.3 is 0 Å². The zero-order valence-electron chi connectivity index (χ0n) is 14.5. The van der Waals surface area contributed by atoms with Crippen LogP contribution in [0.1, 0.15) is 19.3 Å². The molecule has 0 spiro atoms. The van der Waals surface area contributed by atoms with Gasteiger partial charge in [0.1, 0.15) is 11.5 Å². The lowest BCUT2D eigenvalue weighted by atomic mass is 10.0. The van der Waals surface area contributed by atoms with Crippen LogP contribution in [0.2, 0.25) is 0 Å². The van der Waals surface area contributed by atoms with Gasteiger partial charge < -0.3 is 11.1 Å². The maximum absolute atomic E-state index is 14.3. The second kappa shape index (κ2) is 6.70. The number of anilines is 1. The number of fused-ring (bicyclic) bond motifs is 1. The standard InChI is InChI=1S/C19H19F2N5O/c20-14-3-1-12(2-4-14)17-25-24-16-6-5-15(10-26(16)17)23-18(27)13-7-8-19(21,9-13)11-22/h1-6,10,13H,7-9,11,22H2,(H,23,27)/t13-,19-/m1/s1. The summed E-state index contributed by atoms with van der Waals surface area (Å²) < 4.78 is 29.1. The maximum atomic E-state index is 14.3. The number of aromatic nitrogens is 3. The monoisotopic (exact) mass is 371 g/mol. The molecule has 140 valence electrons. The van der Waals surface area contributed by atoms with Crippen molar-refractivity contribution < 1.29 is 13.6 Å². The van der Waals surface area contributed by atoms with E-state index in [1.807, 2.05) is 0 Å². The van der Waals surface area contributed by atoms with E-state index in [-0.39, 0.29) is 24.7 Å². The van der Waals surface area contributed by atoms with E-state index in [2.05, 4.69) is 15.5 Å². The van der Waals surface area contributed by atoms with E-state index in [1.165, 1.54) is 12.1 Å². The normalized spacial score (nSPS) is 22.3. The van der Waals surface area contributed by atoms with Crippen molar-refractivity contribution >= 4 is 17.2 Å². The molecule has 8 heteroatoms. The molecule has 0 radical (unpaired) electrons. The molecule has 3 N–H and O–H groups in total. The molecule has 27 heavy (non-hydrogen) atoms. The van der Waals surface area contributed by atoms with Crippen LogP contribution in [0, 0.1) is 11.7 Å². The Morgan fingerprint density at radius 1 is 1.26 bits per heavy atom. The van der Waals surface area contributed by atoms with Crippen molar-refractivity contribution in [3.63, 3.8) is 0 Å². The van der Waals surface area contributed by atoms with Crippen LogP contribution in [-0.4, -0.2) is 32.7 Å². The van der Waals surface area contributed by atoms with E-state index in [0.717, 1.165) is 0 Å². The second-order valence-corrected chi connectivity index (χ2v) is 6.96. The fourth-order valence-electron chi connectivity index (χ4n) is 3.49. The number of benzene rings is 1. The Bertz CT molecular complexity index is 987. The molecular formula is C19H19F2N5O. The first-order valence-corrected chi connectivity index (χ1v) is 8.78. The first-order chi connectivity index (χ1) is 13.0. The van der Waals surface area contributed by atoms with E-state index in [9.17, 15) is 13.6 Å². The fraction of sp³-hybridized carbons (Fsp3) is 0.316. The van der Waals surface area contributed by atoms with Gasteiger partial charge in [-0.25, -0.2) is 8.78 Å². The van der Waals surface area contributed by atoms with Gasteiger partial charge in [-0.15, -0.1) is 10.2 Å². The highest BCUT2D eigenvalue weighted by Crippen LogP contribution is 2.37. The van der Waals surface area contributed by atoms with Crippen molar-refractivity contribution in [2.24, 2.45) is 11.7 Å². The van der Waals surface area contributed by atoms with Gasteiger partial charge in [0.05, 0.1) is 5.69 Å². The van der Waals surface area contributed by atoms with E-state index >= 15 is 0 Å². The minimum Gasteiger partial charge on any atom is -0.328 e. The van der Waals surface area contributed by atoms with Crippen molar-refractivity contribution in [3.8, 4) is 11.4 Å². The van der Waals surface area contributed by atoms with E-state index in [0.29, 0.717) is 35.6 Å². The maximum Gasteiger partial charge on any atom is 0.227 e. The van der Waals surface area contributed by atoms with Crippen LogP contribution in [0.25, 0.3) is 17.0 Å². The number of hydrogen-bond donors (Lipinski definition) is 2. The predicted octanol–water partition coefficient (Wildman–Crippen LogP) is 2.94. The molecule has 1 fully saturated rings. The van der Waals surface area contributed by atoms with Crippen LogP contribution in [0.5, 0.6) is 0 Å². The molecule has 1 saturated carbocycles. The summed E-state index contributed by atoms with van der Waals surface area (Å²) in [6.07, 6.45) is 2.63. The van der Waals surface area contributed by atoms with Crippen molar-refractivity contribution in [1.29, 1.82) is 0 Å². The van der Waals surface area contributed by atoms with Gasteiger partial charge in [-0.3, -0.25) is 9.20 Å². The lowest BCUT2D eigenvalue weighted by Gasteiger charge is -2.16. The number of nitrogens with two attached hydrogens (primary N) is 1. The molecule has 1 amide bonds. The number of nitrogens with one attached hydrogen (secondary N) is 1. The topological polar surface area (TPSA) is 85.3 Å². The van der Waals surface area contributed by atoms with Gasteiger partial charge in [0.2, 0.25) is 5.91 Å². The summed E-state index contributed by atoms with van der Waals surface area (Å²) in [7, 11) is 0. The number of carbonyl (C=O) groups excluding carboxylic acids is 1. The van der Waals surface area contributed by atoms with E-state index in [4.69, 9.17) is 5.73 Å². The number of rotatable bonds is 4. The van der Waals surface area contributed by atoms with E-state index < -0.39 is 11.6 Å². The highest BCUT2D eigenvalue weighted by atomic mass is 19.1. The molecule has 2 aromatic heterocycles. The minimum absolute atomic E-state index is 0.0650. The quantitative estimate of drug-likeness (QED) is 0.738. The molecule has 0 unspecified atom stereocenters. The van der Waals surface area contributed by atoms with Gasteiger partial charge in [-0.05, 0) is 55.7 Å². The smallest absolute Gasteiger partial charge is 0.227 e. The van der Waals surface area contributed by atoms with Crippen molar-refractivity contribution in [1.82, 2.24) is 14.6 Å². The molecule has 3 aromatic rings. The summed E-state index contributed by atoms with van der Waals surface area (Å²) in [5.41, 5.74) is 5.87. The molecule has 1 aromatic carbocycles. The third-order valence-corrected chi connectivity index (χ3v) is 5.06. The van der Waals surface area contributed by atoms with Crippen LogP contribution in [0.3, 0.4) is 0 Å². The molecule has 2 atom stereocenters. The molecule has 0 aliphatic heterocycles.